The molecule has 0 saturated carbocycles. The Morgan fingerprint density at radius 3 is 2.79 bits per heavy atom. The van der Waals surface area contributed by atoms with Gasteiger partial charge in [0.15, 0.2) is 5.16 Å². The molecule has 1 aliphatic rings. The van der Waals surface area contributed by atoms with Crippen LogP contribution in [0.15, 0.2) is 11.2 Å². The van der Waals surface area contributed by atoms with Gasteiger partial charge in [0.1, 0.15) is 11.0 Å². The summed E-state index contributed by atoms with van der Waals surface area (Å²) in [6.45, 7) is 1.72. The van der Waals surface area contributed by atoms with Crippen LogP contribution in [0, 0.1) is 0 Å². The van der Waals surface area contributed by atoms with Gasteiger partial charge in [-0.25, -0.2) is 9.97 Å². The van der Waals surface area contributed by atoms with Gasteiger partial charge in [0.05, 0.1) is 5.60 Å². The minimum absolute atomic E-state index is 0.417. The second-order valence-corrected chi connectivity index (χ2v) is 5.89. The van der Waals surface area contributed by atoms with Crippen molar-refractivity contribution >= 4 is 29.2 Å². The summed E-state index contributed by atoms with van der Waals surface area (Å²) in [5.41, 5.74) is -0.718. The first-order valence-electron chi connectivity index (χ1n) is 6.12. The molecule has 2 rings (SSSR count). The zero-order valence-corrected chi connectivity index (χ0v) is 12.7. The van der Waals surface area contributed by atoms with Crippen LogP contribution < -0.4 is 4.90 Å². The van der Waals surface area contributed by atoms with Gasteiger partial charge in [-0.3, -0.25) is 0 Å². The summed E-state index contributed by atoms with van der Waals surface area (Å²) in [5.74, 6) is 0.726. The molecule has 1 aliphatic heterocycles. The first-order chi connectivity index (χ1) is 9.02. The average Bonchev–Trinajstić information content (AvgIpc) is 2.38. The number of thioether (sulfide) groups is 1. The molecule has 1 saturated heterocycles. The minimum atomic E-state index is -0.718. The fourth-order valence-corrected chi connectivity index (χ4v) is 2.71. The number of likely N-dealkylation sites (N-methyl/N-ethyl adjacent to an activating group) is 1. The van der Waals surface area contributed by atoms with Gasteiger partial charge in [0.2, 0.25) is 0 Å². The van der Waals surface area contributed by atoms with Crippen molar-refractivity contribution in [1.82, 2.24) is 9.97 Å². The topological polar surface area (TPSA) is 58.5 Å². The highest BCUT2D eigenvalue weighted by atomic mass is 35.5. The van der Waals surface area contributed by atoms with Crippen molar-refractivity contribution in [1.29, 1.82) is 0 Å². The van der Waals surface area contributed by atoms with Crippen molar-refractivity contribution in [3.05, 3.63) is 11.2 Å². The number of anilines is 1. The van der Waals surface area contributed by atoms with Crippen LogP contribution in [-0.4, -0.2) is 53.7 Å². The molecule has 0 unspecified atom stereocenters. The number of aliphatic hydroxyl groups is 1. The molecule has 0 radical (unpaired) electrons. The van der Waals surface area contributed by atoms with E-state index in [1.807, 2.05) is 18.2 Å². The lowest BCUT2D eigenvalue weighted by Crippen LogP contribution is -2.46. The SMILES string of the molecule is CSc1nc(Cl)cc(N(C)CC2(O)CCOCC2)n1. The van der Waals surface area contributed by atoms with Crippen molar-refractivity contribution < 1.29 is 9.84 Å². The van der Waals surface area contributed by atoms with Crippen LogP contribution in [0.25, 0.3) is 0 Å². The van der Waals surface area contributed by atoms with Crippen molar-refractivity contribution in [2.45, 2.75) is 23.6 Å². The average molecular weight is 304 g/mol. The molecule has 1 aromatic heterocycles. The van der Waals surface area contributed by atoms with Crippen molar-refractivity contribution in [3.63, 3.8) is 0 Å². The van der Waals surface area contributed by atoms with E-state index >= 15 is 0 Å². The molecule has 2 heterocycles. The largest absolute Gasteiger partial charge is 0.388 e. The maximum atomic E-state index is 10.5. The molecule has 0 bridgehead atoms. The Labute approximate surface area is 122 Å². The number of hydrogen-bond acceptors (Lipinski definition) is 6. The third-order valence-electron chi connectivity index (χ3n) is 3.19. The van der Waals surface area contributed by atoms with Crippen LogP contribution in [0.1, 0.15) is 12.8 Å². The maximum Gasteiger partial charge on any atom is 0.190 e. The highest BCUT2D eigenvalue weighted by molar-refractivity contribution is 7.98. The van der Waals surface area contributed by atoms with Gasteiger partial charge in [0.25, 0.3) is 0 Å². The van der Waals surface area contributed by atoms with Gasteiger partial charge < -0.3 is 14.7 Å². The summed E-state index contributed by atoms with van der Waals surface area (Å²) in [4.78, 5) is 10.4. The normalized spacial score (nSPS) is 18.3. The third kappa shape index (κ3) is 3.95. The Hall–Kier alpha value is -0.560. The second-order valence-electron chi connectivity index (χ2n) is 4.73. The second kappa shape index (κ2) is 6.26. The van der Waals surface area contributed by atoms with Crippen LogP contribution >= 0.6 is 23.4 Å². The molecule has 0 atom stereocenters. The molecule has 0 amide bonds. The summed E-state index contributed by atoms with van der Waals surface area (Å²) < 4.78 is 5.28. The fraction of sp³-hybridized carbons (Fsp3) is 0.667. The Morgan fingerprint density at radius 2 is 2.16 bits per heavy atom. The highest BCUT2D eigenvalue weighted by Gasteiger charge is 2.31. The van der Waals surface area contributed by atoms with Crippen LogP contribution in [0.4, 0.5) is 5.82 Å². The van der Waals surface area contributed by atoms with Crippen LogP contribution in [0.3, 0.4) is 0 Å². The van der Waals surface area contributed by atoms with Crippen molar-refractivity contribution in [2.24, 2.45) is 0 Å². The minimum Gasteiger partial charge on any atom is -0.388 e. The molecule has 0 spiro atoms. The number of aromatic nitrogens is 2. The van der Waals surface area contributed by atoms with Gasteiger partial charge in [0, 0.05) is 45.7 Å². The molecule has 1 aromatic rings. The molecule has 1 fully saturated rings. The van der Waals surface area contributed by atoms with E-state index in [0.717, 1.165) is 5.82 Å². The molecule has 0 aromatic carbocycles. The fourth-order valence-electron chi connectivity index (χ4n) is 2.10. The van der Waals surface area contributed by atoms with Crippen molar-refractivity contribution in [2.75, 3.05) is 38.0 Å². The van der Waals surface area contributed by atoms with E-state index in [-0.39, 0.29) is 0 Å². The van der Waals surface area contributed by atoms with Gasteiger partial charge in [-0.2, -0.15) is 0 Å². The van der Waals surface area contributed by atoms with E-state index in [2.05, 4.69) is 9.97 Å². The molecule has 1 N–H and O–H groups in total. The lowest BCUT2D eigenvalue weighted by atomic mass is 9.94. The van der Waals surface area contributed by atoms with E-state index in [1.165, 1.54) is 11.8 Å². The zero-order chi connectivity index (χ0) is 13.9. The predicted molar refractivity (Wildman–Crippen MR) is 77.1 cm³/mol. The molecule has 106 valence electrons. The lowest BCUT2D eigenvalue weighted by molar-refractivity contribution is -0.0573. The smallest absolute Gasteiger partial charge is 0.190 e. The summed E-state index contributed by atoms with van der Waals surface area (Å²) in [6.07, 6.45) is 3.19. The number of hydrogen-bond donors (Lipinski definition) is 1. The van der Waals surface area contributed by atoms with E-state index in [9.17, 15) is 5.11 Å². The first-order valence-corrected chi connectivity index (χ1v) is 7.72. The maximum absolute atomic E-state index is 10.5. The molecular weight excluding hydrogens is 286 g/mol. The van der Waals surface area contributed by atoms with E-state index in [1.54, 1.807) is 6.07 Å². The number of rotatable bonds is 4. The number of ether oxygens (including phenoxy) is 1. The van der Waals surface area contributed by atoms with Gasteiger partial charge in [-0.05, 0) is 6.26 Å². The highest BCUT2D eigenvalue weighted by Crippen LogP contribution is 2.25. The van der Waals surface area contributed by atoms with Gasteiger partial charge >= 0.3 is 0 Å². The Morgan fingerprint density at radius 1 is 1.47 bits per heavy atom. The summed E-state index contributed by atoms with van der Waals surface area (Å²) in [6, 6.07) is 1.71. The first kappa shape index (κ1) is 14.8. The Bertz CT molecular complexity index is 441. The molecule has 0 aliphatic carbocycles. The van der Waals surface area contributed by atoms with E-state index < -0.39 is 5.60 Å². The summed E-state index contributed by atoms with van der Waals surface area (Å²) >= 11 is 7.42. The van der Waals surface area contributed by atoms with E-state index in [4.69, 9.17) is 16.3 Å². The summed E-state index contributed by atoms with van der Waals surface area (Å²) in [5, 5.41) is 11.5. The molecule has 7 heteroatoms. The Kier molecular flexibility index (Phi) is 4.89. The van der Waals surface area contributed by atoms with Crippen LogP contribution in [0.2, 0.25) is 5.15 Å². The van der Waals surface area contributed by atoms with Gasteiger partial charge in [-0.15, -0.1) is 0 Å². The standard InChI is InChI=1S/C12H18ClN3O2S/c1-16(8-12(17)3-5-18-6-4-12)10-7-9(13)14-11(15-10)19-2/h7,17H,3-6,8H2,1-2H3. The number of nitrogens with zero attached hydrogens (tertiary/aromatic N) is 3. The van der Waals surface area contributed by atoms with E-state index in [0.29, 0.717) is 42.9 Å². The quantitative estimate of drug-likeness (QED) is 0.520. The molecule has 19 heavy (non-hydrogen) atoms. The Balaban J connectivity index is 2.10. The van der Waals surface area contributed by atoms with Gasteiger partial charge in [-0.1, -0.05) is 23.4 Å². The third-order valence-corrected chi connectivity index (χ3v) is 3.93. The zero-order valence-electron chi connectivity index (χ0n) is 11.1. The summed E-state index contributed by atoms with van der Waals surface area (Å²) in [7, 11) is 1.90. The number of halogens is 1. The lowest BCUT2D eigenvalue weighted by Gasteiger charge is -2.35. The van der Waals surface area contributed by atoms with Crippen molar-refractivity contribution in [3.8, 4) is 0 Å². The predicted octanol–water partition coefficient (Wildman–Crippen LogP) is 1.83. The molecular formula is C12H18ClN3O2S. The van der Waals surface area contributed by atoms with Crippen LogP contribution in [-0.2, 0) is 4.74 Å². The molecule has 5 nitrogen and oxygen atoms in total. The monoisotopic (exact) mass is 303 g/mol. The van der Waals surface area contributed by atoms with Crippen LogP contribution in [0.5, 0.6) is 0 Å².